The normalized spacial score (nSPS) is 17.7. The van der Waals surface area contributed by atoms with Gasteiger partial charge >= 0.3 is 0 Å². The fourth-order valence-corrected chi connectivity index (χ4v) is 9.07. The van der Waals surface area contributed by atoms with Crippen LogP contribution in [0.4, 0.5) is 0 Å². The van der Waals surface area contributed by atoms with Crippen molar-refractivity contribution in [3.8, 4) is 31.6 Å². The molecular weight excluding hydrogens is 627 g/mol. The Hall–Kier alpha value is -3.77. The lowest BCUT2D eigenvalue weighted by Crippen LogP contribution is -2.22. The van der Waals surface area contributed by atoms with Crippen LogP contribution in [0.2, 0.25) is 0 Å². The predicted molar refractivity (Wildman–Crippen MR) is 191 cm³/mol. The number of allylic oxidation sites excluding steroid dienone is 10. The zero-order valence-corrected chi connectivity index (χ0v) is 27.5. The molecular formula is C33H25N5S5. The maximum atomic E-state index is 9.97. The molecule has 0 bridgehead atoms. The number of nitrogens with one attached hydrogen (secondary N) is 1. The number of nitriles is 2. The monoisotopic (exact) mass is 651 g/mol. The van der Waals surface area contributed by atoms with E-state index in [9.17, 15) is 10.5 Å². The van der Waals surface area contributed by atoms with Gasteiger partial charge in [0.1, 0.15) is 5.71 Å². The van der Waals surface area contributed by atoms with Gasteiger partial charge in [0.2, 0.25) is 0 Å². The SMILES string of the molecule is C=C1C=CC=C(/C(C#N)=C/c2cc(C)c(-c3ccc(-c4sc(CC(C#N)C5=CC=CC(=N)/C5=N\S)cc4C)s3)s2)/C1=N/S. The number of nitrogens with zero attached hydrogens (tertiary/aromatic N) is 4. The molecule has 10 heteroatoms. The molecule has 3 aromatic heterocycles. The van der Waals surface area contributed by atoms with E-state index in [2.05, 4.69) is 91.3 Å². The van der Waals surface area contributed by atoms with Gasteiger partial charge < -0.3 is 0 Å². The molecule has 1 unspecified atom stereocenters. The van der Waals surface area contributed by atoms with E-state index >= 15 is 0 Å². The van der Waals surface area contributed by atoms with Crippen molar-refractivity contribution in [2.24, 2.45) is 14.7 Å². The summed E-state index contributed by atoms with van der Waals surface area (Å²) in [6.07, 6.45) is 13.3. The Bertz CT molecular complexity index is 1950. The van der Waals surface area contributed by atoms with Crippen LogP contribution in [0.1, 0.15) is 20.9 Å². The van der Waals surface area contributed by atoms with Crippen molar-refractivity contribution < 1.29 is 0 Å². The molecule has 0 radical (unpaired) electrons. The third-order valence-electron chi connectivity index (χ3n) is 6.98. The van der Waals surface area contributed by atoms with Crippen LogP contribution < -0.4 is 0 Å². The first-order valence-electron chi connectivity index (χ1n) is 13.1. The van der Waals surface area contributed by atoms with Gasteiger partial charge in [-0.05, 0) is 98.2 Å². The van der Waals surface area contributed by atoms with Gasteiger partial charge in [0.15, 0.2) is 0 Å². The Labute approximate surface area is 274 Å². The standard InChI is InChI=1S/C33H25N5S5/c1-18-6-4-7-25(30(18)37-39)21(16-34)14-23-12-19(2)32(41-23)28-10-11-29(43-28)33-20(3)13-24(42-33)15-22(17-35)26-8-5-9-27(36)31(26)38-40/h4-14,22,36,39-40H,1,15H2,2-3H3/b21-14+,36-27?,37-30+,38-31-. The minimum Gasteiger partial charge on any atom is -0.299 e. The quantitative estimate of drug-likeness (QED) is 0.135. The maximum Gasteiger partial charge on any atom is 0.100 e. The first-order chi connectivity index (χ1) is 20.8. The van der Waals surface area contributed by atoms with E-state index in [0.717, 1.165) is 31.3 Å². The Kier molecular flexibility index (Phi) is 9.46. The van der Waals surface area contributed by atoms with Crippen molar-refractivity contribution in [3.05, 3.63) is 110 Å². The molecule has 5 nitrogen and oxygen atoms in total. The number of hydrogen-bond acceptors (Lipinski definition) is 10. The minimum atomic E-state index is -0.423. The largest absolute Gasteiger partial charge is 0.299 e. The summed E-state index contributed by atoms with van der Waals surface area (Å²) in [5, 5.41) is 28.1. The highest BCUT2D eigenvalue weighted by Crippen LogP contribution is 2.44. The van der Waals surface area contributed by atoms with Crippen molar-refractivity contribution in [1.29, 1.82) is 15.9 Å². The summed E-state index contributed by atoms with van der Waals surface area (Å²) >= 11 is 13.2. The van der Waals surface area contributed by atoms with E-state index in [-0.39, 0.29) is 5.71 Å². The highest BCUT2D eigenvalue weighted by atomic mass is 32.1. The third kappa shape index (κ3) is 6.30. The van der Waals surface area contributed by atoms with Crippen LogP contribution >= 0.6 is 59.6 Å². The molecule has 3 aromatic rings. The lowest BCUT2D eigenvalue weighted by molar-refractivity contribution is 0.808. The second-order valence-electron chi connectivity index (χ2n) is 9.86. The van der Waals surface area contributed by atoms with Crippen LogP contribution in [0, 0.1) is 47.8 Å². The second-order valence-corrected chi connectivity index (χ2v) is 13.6. The summed E-state index contributed by atoms with van der Waals surface area (Å²) in [4.78, 5) is 6.79. The van der Waals surface area contributed by atoms with Gasteiger partial charge in [-0.25, -0.2) is 8.80 Å². The smallest absolute Gasteiger partial charge is 0.100 e. The van der Waals surface area contributed by atoms with Gasteiger partial charge in [-0.1, -0.05) is 37.0 Å². The fraction of sp³-hybridized carbons (Fsp3) is 0.121. The van der Waals surface area contributed by atoms with Crippen LogP contribution in [0.5, 0.6) is 0 Å². The van der Waals surface area contributed by atoms with E-state index < -0.39 is 5.92 Å². The van der Waals surface area contributed by atoms with E-state index in [1.54, 1.807) is 46.2 Å². The van der Waals surface area contributed by atoms with Crippen LogP contribution in [-0.2, 0) is 6.42 Å². The first-order valence-corrected chi connectivity index (χ1v) is 16.3. The van der Waals surface area contributed by atoms with E-state index in [1.165, 1.54) is 20.2 Å². The summed E-state index contributed by atoms with van der Waals surface area (Å²) in [6, 6.07) is 13.3. The molecule has 43 heavy (non-hydrogen) atoms. The van der Waals surface area contributed by atoms with Gasteiger partial charge in [-0.3, -0.25) is 5.41 Å². The first kappa shape index (κ1) is 30.7. The van der Waals surface area contributed by atoms with E-state index in [1.807, 2.05) is 30.4 Å². The zero-order chi connectivity index (χ0) is 30.7. The maximum absolute atomic E-state index is 9.97. The van der Waals surface area contributed by atoms with Crippen molar-refractivity contribution in [2.75, 3.05) is 0 Å². The summed E-state index contributed by atoms with van der Waals surface area (Å²) in [7, 11) is 0. The lowest BCUT2D eigenvalue weighted by atomic mass is 9.88. The van der Waals surface area contributed by atoms with Crippen LogP contribution in [0.15, 0.2) is 98.4 Å². The molecule has 5 rings (SSSR count). The van der Waals surface area contributed by atoms with Crippen LogP contribution in [-0.4, -0.2) is 17.1 Å². The average molecular weight is 652 g/mol. The van der Waals surface area contributed by atoms with Crippen molar-refractivity contribution in [2.45, 2.75) is 20.3 Å². The third-order valence-corrected chi connectivity index (χ3v) is 11.3. The number of hydrogen-bond donors (Lipinski definition) is 3. The molecule has 0 aromatic carbocycles. The van der Waals surface area contributed by atoms with Gasteiger partial charge in [0.25, 0.3) is 0 Å². The summed E-state index contributed by atoms with van der Waals surface area (Å²) in [5.74, 6) is -0.423. The molecule has 0 saturated heterocycles. The van der Waals surface area contributed by atoms with Crippen molar-refractivity contribution >= 4 is 82.9 Å². The molecule has 0 aliphatic heterocycles. The Morgan fingerprint density at radius 3 is 2.33 bits per heavy atom. The number of thiol groups is 2. The van der Waals surface area contributed by atoms with Crippen molar-refractivity contribution in [3.63, 3.8) is 0 Å². The van der Waals surface area contributed by atoms with Gasteiger partial charge in [0.05, 0.1) is 35.1 Å². The second kappa shape index (κ2) is 13.3. The Balaban J connectivity index is 1.40. The number of rotatable bonds is 7. The molecule has 1 atom stereocenters. The average Bonchev–Trinajstić information content (AvgIpc) is 3.72. The predicted octanol–water partition coefficient (Wildman–Crippen LogP) is 9.55. The van der Waals surface area contributed by atoms with E-state index in [0.29, 0.717) is 29.0 Å². The molecule has 0 spiro atoms. The van der Waals surface area contributed by atoms with E-state index in [4.69, 9.17) is 5.41 Å². The van der Waals surface area contributed by atoms with Crippen LogP contribution in [0.25, 0.3) is 25.6 Å². The van der Waals surface area contributed by atoms with Gasteiger partial charge in [-0.15, -0.1) is 34.0 Å². The molecule has 212 valence electrons. The molecule has 0 saturated carbocycles. The molecule has 0 fully saturated rings. The number of thiophene rings is 3. The lowest BCUT2D eigenvalue weighted by Gasteiger charge is -2.16. The molecule has 1 N–H and O–H groups in total. The highest BCUT2D eigenvalue weighted by molar-refractivity contribution is 7.79. The highest BCUT2D eigenvalue weighted by Gasteiger charge is 2.24. The van der Waals surface area contributed by atoms with Crippen LogP contribution in [0.3, 0.4) is 0 Å². The zero-order valence-electron chi connectivity index (χ0n) is 23.3. The summed E-state index contributed by atoms with van der Waals surface area (Å²) in [6.45, 7) is 8.20. The molecule has 2 aliphatic rings. The molecule has 2 aliphatic carbocycles. The fourth-order valence-electron chi connectivity index (χ4n) is 4.92. The Morgan fingerprint density at radius 1 is 0.977 bits per heavy atom. The topological polar surface area (TPSA) is 96.2 Å². The number of aryl methyl sites for hydroxylation is 2. The Morgan fingerprint density at radius 2 is 1.65 bits per heavy atom. The van der Waals surface area contributed by atoms with Crippen molar-refractivity contribution in [1.82, 2.24) is 0 Å². The van der Waals surface area contributed by atoms with Gasteiger partial charge in [-0.2, -0.15) is 10.5 Å². The summed E-state index contributed by atoms with van der Waals surface area (Å²) in [5.41, 5.74) is 6.30. The minimum absolute atomic E-state index is 0.263. The molecule has 0 amide bonds. The summed E-state index contributed by atoms with van der Waals surface area (Å²) < 4.78 is 8.02. The molecule has 3 heterocycles. The van der Waals surface area contributed by atoms with Gasteiger partial charge in [0, 0.05) is 41.3 Å².